The lowest BCUT2D eigenvalue weighted by molar-refractivity contribution is 0.300. The van der Waals surface area contributed by atoms with Crippen LogP contribution in [0.25, 0.3) is 28.3 Å². The Labute approximate surface area is 193 Å². The first kappa shape index (κ1) is 20.0. The van der Waals surface area contributed by atoms with Crippen molar-refractivity contribution in [3.8, 4) is 28.4 Å². The highest BCUT2D eigenvalue weighted by atomic mass is 16.5. The molecule has 2 aliphatic rings. The summed E-state index contributed by atoms with van der Waals surface area (Å²) < 4.78 is 7.94. The van der Waals surface area contributed by atoms with E-state index in [1.807, 2.05) is 47.1 Å². The van der Waals surface area contributed by atoms with Gasteiger partial charge in [0.05, 0.1) is 29.4 Å². The number of hydrogen-bond donors (Lipinski definition) is 2. The fourth-order valence-electron chi connectivity index (χ4n) is 4.56. The van der Waals surface area contributed by atoms with Crippen LogP contribution in [0.4, 0.5) is 11.6 Å². The van der Waals surface area contributed by atoms with E-state index in [0.717, 1.165) is 46.6 Å². The summed E-state index contributed by atoms with van der Waals surface area (Å²) in [6.07, 6.45) is 11.2. The molecule has 3 heterocycles. The van der Waals surface area contributed by atoms with Crippen molar-refractivity contribution in [3.05, 3.63) is 54.9 Å². The number of nitrogens with zero attached hydrogens (tertiary/aromatic N) is 4. The monoisotopic (exact) mass is 440 g/mol. The van der Waals surface area contributed by atoms with Crippen LogP contribution in [0.2, 0.25) is 0 Å². The molecule has 2 fully saturated rings. The number of pyridine rings is 1. The topological polar surface area (TPSA) is 90.4 Å². The van der Waals surface area contributed by atoms with Crippen molar-refractivity contribution in [1.29, 1.82) is 0 Å². The van der Waals surface area contributed by atoms with Gasteiger partial charge in [-0.1, -0.05) is 12.8 Å². The molecule has 6 rings (SSSR count). The predicted molar refractivity (Wildman–Crippen MR) is 130 cm³/mol. The van der Waals surface area contributed by atoms with E-state index < -0.39 is 0 Å². The van der Waals surface area contributed by atoms with Gasteiger partial charge in [0.2, 0.25) is 5.95 Å². The van der Waals surface area contributed by atoms with Crippen molar-refractivity contribution in [2.24, 2.45) is 5.92 Å². The summed E-state index contributed by atoms with van der Waals surface area (Å²) in [7, 11) is 0. The normalized spacial score (nSPS) is 16.4. The fraction of sp³-hybridized carbons (Fsp3) is 0.346. The molecular formula is C26H28N6O. The number of imidazole rings is 1. The molecule has 0 atom stereocenters. The third-order valence-corrected chi connectivity index (χ3v) is 6.58. The van der Waals surface area contributed by atoms with Crippen LogP contribution < -0.4 is 15.8 Å². The average Bonchev–Trinajstić information content (AvgIpc) is 3.36. The number of nitrogens with one attached hydrogen (secondary N) is 1. The Morgan fingerprint density at radius 2 is 1.82 bits per heavy atom. The summed E-state index contributed by atoms with van der Waals surface area (Å²) in [6, 6.07) is 14.3. The number of nitrogens with two attached hydrogens (primary N) is 1. The molecule has 0 saturated heterocycles. The van der Waals surface area contributed by atoms with Gasteiger partial charge in [-0.2, -0.15) is 0 Å². The van der Waals surface area contributed by atoms with Gasteiger partial charge in [-0.05, 0) is 74.1 Å². The maximum atomic E-state index is 6.28. The zero-order chi connectivity index (χ0) is 22.2. The lowest BCUT2D eigenvalue weighted by Crippen LogP contribution is -2.16. The Kier molecular flexibility index (Phi) is 5.09. The lowest BCUT2D eigenvalue weighted by Gasteiger charge is -2.13. The van der Waals surface area contributed by atoms with Crippen molar-refractivity contribution in [3.63, 3.8) is 0 Å². The Morgan fingerprint density at radius 1 is 1.00 bits per heavy atom. The highest BCUT2D eigenvalue weighted by Crippen LogP contribution is 2.35. The van der Waals surface area contributed by atoms with Crippen LogP contribution in [0.1, 0.15) is 38.5 Å². The average molecular weight is 441 g/mol. The standard InChI is InChI=1S/C26H28N6O/c27-21-6-3-15-32-24(22-13-14-28-26(30-22)29-19-4-1-2-5-19)23(31-25(21)32)18-9-11-20(12-10-18)33-16-17-7-8-17/h3,6,9-15,17,19H,1-2,4-5,7-8,16,27H2,(H,28,29,30). The molecule has 2 aliphatic carbocycles. The van der Waals surface area contributed by atoms with E-state index in [0.29, 0.717) is 17.7 Å². The van der Waals surface area contributed by atoms with Crippen LogP contribution in [0, 0.1) is 5.92 Å². The first-order valence-electron chi connectivity index (χ1n) is 11.8. The van der Waals surface area contributed by atoms with Gasteiger partial charge in [-0.15, -0.1) is 0 Å². The zero-order valence-corrected chi connectivity index (χ0v) is 18.6. The molecule has 3 N–H and O–H groups in total. The minimum Gasteiger partial charge on any atom is -0.493 e. The van der Waals surface area contributed by atoms with E-state index >= 15 is 0 Å². The molecule has 0 amide bonds. The predicted octanol–water partition coefficient (Wildman–Crippen LogP) is 5.18. The molecular weight excluding hydrogens is 412 g/mol. The zero-order valence-electron chi connectivity index (χ0n) is 18.6. The minimum atomic E-state index is 0.445. The SMILES string of the molecule is Nc1cccn2c(-c3ccnc(NC4CCCC4)n3)c(-c3ccc(OCC4CC4)cc3)nc12. The summed E-state index contributed by atoms with van der Waals surface area (Å²) in [5.41, 5.74) is 11.2. The minimum absolute atomic E-state index is 0.445. The highest BCUT2D eigenvalue weighted by Gasteiger charge is 2.23. The second-order valence-electron chi connectivity index (χ2n) is 9.14. The summed E-state index contributed by atoms with van der Waals surface area (Å²) >= 11 is 0. The number of fused-ring (bicyclic) bond motifs is 1. The summed E-state index contributed by atoms with van der Waals surface area (Å²) in [4.78, 5) is 14.3. The van der Waals surface area contributed by atoms with E-state index in [1.165, 1.54) is 38.5 Å². The fourth-order valence-corrected chi connectivity index (χ4v) is 4.56. The molecule has 0 aliphatic heterocycles. The van der Waals surface area contributed by atoms with Gasteiger partial charge in [0.1, 0.15) is 5.75 Å². The Balaban J connectivity index is 1.39. The molecule has 7 heteroatoms. The van der Waals surface area contributed by atoms with E-state index in [4.69, 9.17) is 20.4 Å². The smallest absolute Gasteiger partial charge is 0.223 e. The van der Waals surface area contributed by atoms with Gasteiger partial charge < -0.3 is 15.8 Å². The van der Waals surface area contributed by atoms with E-state index in [9.17, 15) is 0 Å². The number of hydrogen-bond acceptors (Lipinski definition) is 6. The number of rotatable bonds is 7. The van der Waals surface area contributed by atoms with Gasteiger partial charge in [0.15, 0.2) is 5.65 Å². The van der Waals surface area contributed by atoms with Crippen molar-refractivity contribution >= 4 is 17.3 Å². The largest absolute Gasteiger partial charge is 0.493 e. The van der Waals surface area contributed by atoms with Gasteiger partial charge in [-0.3, -0.25) is 4.40 Å². The maximum absolute atomic E-state index is 6.28. The van der Waals surface area contributed by atoms with Crippen LogP contribution in [-0.4, -0.2) is 32.0 Å². The number of benzene rings is 1. The summed E-state index contributed by atoms with van der Waals surface area (Å²) in [6.45, 7) is 0.799. The summed E-state index contributed by atoms with van der Waals surface area (Å²) in [5, 5.41) is 3.50. The van der Waals surface area contributed by atoms with Crippen LogP contribution in [0.3, 0.4) is 0 Å². The van der Waals surface area contributed by atoms with Gasteiger partial charge in [0, 0.05) is 24.0 Å². The molecule has 0 bridgehead atoms. The van der Waals surface area contributed by atoms with Crippen LogP contribution in [0.15, 0.2) is 54.9 Å². The molecule has 1 aromatic carbocycles. The molecule has 0 unspecified atom stereocenters. The first-order valence-corrected chi connectivity index (χ1v) is 11.8. The Morgan fingerprint density at radius 3 is 2.61 bits per heavy atom. The van der Waals surface area contributed by atoms with Crippen molar-refractivity contribution in [2.75, 3.05) is 17.7 Å². The first-order chi connectivity index (χ1) is 16.2. The van der Waals surface area contributed by atoms with E-state index in [2.05, 4.69) is 22.4 Å². The van der Waals surface area contributed by atoms with Crippen LogP contribution in [0.5, 0.6) is 5.75 Å². The molecule has 3 aromatic heterocycles. The third kappa shape index (κ3) is 4.11. The number of aromatic nitrogens is 4. The summed E-state index contributed by atoms with van der Waals surface area (Å²) in [5.74, 6) is 2.27. The van der Waals surface area contributed by atoms with Crippen LogP contribution in [-0.2, 0) is 0 Å². The molecule has 4 aromatic rings. The molecule has 168 valence electrons. The number of ether oxygens (including phenoxy) is 1. The molecule has 0 radical (unpaired) electrons. The van der Waals surface area contributed by atoms with Gasteiger partial charge in [0.25, 0.3) is 0 Å². The second-order valence-corrected chi connectivity index (χ2v) is 9.14. The highest BCUT2D eigenvalue weighted by molar-refractivity contribution is 5.84. The Bertz CT molecular complexity index is 1270. The van der Waals surface area contributed by atoms with Crippen LogP contribution >= 0.6 is 0 Å². The van der Waals surface area contributed by atoms with Gasteiger partial charge >= 0.3 is 0 Å². The van der Waals surface area contributed by atoms with Crippen molar-refractivity contribution in [1.82, 2.24) is 19.4 Å². The lowest BCUT2D eigenvalue weighted by atomic mass is 10.1. The molecule has 7 nitrogen and oxygen atoms in total. The Hall–Kier alpha value is -3.61. The van der Waals surface area contributed by atoms with Crippen molar-refractivity contribution in [2.45, 2.75) is 44.6 Å². The number of anilines is 2. The maximum Gasteiger partial charge on any atom is 0.223 e. The van der Waals surface area contributed by atoms with E-state index in [1.54, 1.807) is 0 Å². The quantitative estimate of drug-likeness (QED) is 0.411. The third-order valence-electron chi connectivity index (χ3n) is 6.58. The molecule has 2 saturated carbocycles. The molecule has 33 heavy (non-hydrogen) atoms. The second kappa shape index (κ2) is 8.39. The van der Waals surface area contributed by atoms with E-state index in [-0.39, 0.29) is 0 Å². The molecule has 0 spiro atoms. The van der Waals surface area contributed by atoms with Gasteiger partial charge in [-0.25, -0.2) is 15.0 Å². The number of nitrogen functional groups attached to an aromatic ring is 1. The van der Waals surface area contributed by atoms with Crippen molar-refractivity contribution < 1.29 is 4.74 Å².